The van der Waals surface area contributed by atoms with E-state index >= 15 is 0 Å². The second-order valence-electron chi connectivity index (χ2n) is 13.6. The molecule has 0 bridgehead atoms. The van der Waals surface area contributed by atoms with Gasteiger partial charge in [0.1, 0.15) is 11.2 Å². The molecule has 55 heavy (non-hydrogen) atoms. The van der Waals surface area contributed by atoms with Crippen molar-refractivity contribution in [2.24, 2.45) is 0 Å². The largest absolute Gasteiger partial charge is 0.455 e. The van der Waals surface area contributed by atoms with Crippen molar-refractivity contribution in [2.75, 3.05) is 0 Å². The van der Waals surface area contributed by atoms with Gasteiger partial charge in [-0.15, -0.1) is 0 Å². The van der Waals surface area contributed by atoms with Gasteiger partial charge in [0.2, 0.25) is 0 Å². The molecule has 4 heteroatoms. The Labute approximate surface area is 319 Å². The molecule has 0 radical (unpaired) electrons. The van der Waals surface area contributed by atoms with Gasteiger partial charge in [0, 0.05) is 27.5 Å². The highest BCUT2D eigenvalue weighted by Gasteiger charge is 2.21. The SMILES string of the molecule is c1ccc(-c2ccc(-c3cc(-c4ccc(-c5ccccc5)cc4)c4oc5c(-c6nc(-c7ccccc7)nc(-c7ccccc7)n6)cccc5c4c3)cc2)cc1. The first kappa shape index (κ1) is 32.2. The van der Waals surface area contributed by atoms with Crippen LogP contribution in [0.2, 0.25) is 0 Å². The number of hydrogen-bond acceptors (Lipinski definition) is 4. The zero-order valence-corrected chi connectivity index (χ0v) is 29.8. The van der Waals surface area contributed by atoms with Crippen molar-refractivity contribution >= 4 is 21.9 Å². The average Bonchev–Trinajstić information content (AvgIpc) is 3.66. The van der Waals surface area contributed by atoms with Gasteiger partial charge in [-0.1, -0.05) is 182 Å². The van der Waals surface area contributed by atoms with Gasteiger partial charge in [0.05, 0.1) is 5.56 Å². The highest BCUT2D eigenvalue weighted by molar-refractivity contribution is 6.14. The van der Waals surface area contributed by atoms with E-state index in [-0.39, 0.29) is 0 Å². The summed E-state index contributed by atoms with van der Waals surface area (Å²) in [6.45, 7) is 0. The second kappa shape index (κ2) is 13.8. The maximum atomic E-state index is 7.00. The third kappa shape index (κ3) is 6.16. The minimum Gasteiger partial charge on any atom is -0.455 e. The van der Waals surface area contributed by atoms with Crippen LogP contribution in [-0.4, -0.2) is 15.0 Å². The van der Waals surface area contributed by atoms with E-state index in [2.05, 4.69) is 121 Å². The molecule has 0 spiro atoms. The Hall–Kier alpha value is -7.43. The van der Waals surface area contributed by atoms with Crippen molar-refractivity contribution in [1.29, 1.82) is 0 Å². The number of benzene rings is 8. The highest BCUT2D eigenvalue weighted by atomic mass is 16.3. The molecular weight excluding hydrogens is 671 g/mol. The van der Waals surface area contributed by atoms with E-state index in [1.807, 2.05) is 78.9 Å². The molecule has 0 N–H and O–H groups in total. The van der Waals surface area contributed by atoms with Gasteiger partial charge < -0.3 is 4.42 Å². The maximum Gasteiger partial charge on any atom is 0.167 e. The number of nitrogens with zero attached hydrogens (tertiary/aromatic N) is 3. The Morgan fingerprint density at radius 1 is 0.255 bits per heavy atom. The molecule has 4 nitrogen and oxygen atoms in total. The number of aromatic nitrogens is 3. The summed E-state index contributed by atoms with van der Waals surface area (Å²) < 4.78 is 7.00. The monoisotopic (exact) mass is 703 g/mol. The van der Waals surface area contributed by atoms with Crippen molar-refractivity contribution < 1.29 is 4.42 Å². The number of rotatable bonds is 7. The Morgan fingerprint density at radius 2 is 0.655 bits per heavy atom. The smallest absolute Gasteiger partial charge is 0.167 e. The van der Waals surface area contributed by atoms with Crippen molar-refractivity contribution in [1.82, 2.24) is 15.0 Å². The fraction of sp³-hybridized carbons (Fsp3) is 0. The topological polar surface area (TPSA) is 51.8 Å². The van der Waals surface area contributed by atoms with Gasteiger partial charge in [-0.2, -0.15) is 0 Å². The van der Waals surface area contributed by atoms with Crippen LogP contribution in [0.15, 0.2) is 205 Å². The summed E-state index contributed by atoms with van der Waals surface area (Å²) in [6.07, 6.45) is 0. The molecule has 258 valence electrons. The zero-order valence-electron chi connectivity index (χ0n) is 29.8. The number of para-hydroxylation sites is 1. The predicted molar refractivity (Wildman–Crippen MR) is 225 cm³/mol. The van der Waals surface area contributed by atoms with Crippen LogP contribution in [-0.2, 0) is 0 Å². The van der Waals surface area contributed by atoms with Gasteiger partial charge in [0.25, 0.3) is 0 Å². The first-order valence-corrected chi connectivity index (χ1v) is 18.4. The summed E-state index contributed by atoms with van der Waals surface area (Å²) in [7, 11) is 0. The molecule has 0 aliphatic carbocycles. The lowest BCUT2D eigenvalue weighted by Crippen LogP contribution is -2.00. The van der Waals surface area contributed by atoms with Crippen molar-refractivity contribution in [2.45, 2.75) is 0 Å². The summed E-state index contributed by atoms with van der Waals surface area (Å²) in [6, 6.07) is 69.4. The summed E-state index contributed by atoms with van der Waals surface area (Å²) in [5.41, 5.74) is 13.3. The van der Waals surface area contributed by atoms with Gasteiger partial charge >= 0.3 is 0 Å². The molecule has 0 aliphatic rings. The minimum absolute atomic E-state index is 0.558. The summed E-state index contributed by atoms with van der Waals surface area (Å²) >= 11 is 0. The molecule has 8 aromatic carbocycles. The number of hydrogen-bond donors (Lipinski definition) is 0. The lowest BCUT2D eigenvalue weighted by Gasteiger charge is -2.10. The van der Waals surface area contributed by atoms with E-state index in [1.165, 1.54) is 22.3 Å². The molecule has 0 fully saturated rings. The summed E-state index contributed by atoms with van der Waals surface area (Å²) in [5, 5.41) is 2.03. The normalized spacial score (nSPS) is 11.3. The first-order chi connectivity index (χ1) is 27.2. The number of fused-ring (bicyclic) bond motifs is 3. The van der Waals surface area contributed by atoms with Crippen LogP contribution in [0.1, 0.15) is 0 Å². The molecular formula is C51H33N3O. The molecule has 2 aromatic heterocycles. The molecule has 0 saturated carbocycles. The minimum atomic E-state index is 0.558. The van der Waals surface area contributed by atoms with Crippen LogP contribution in [0.4, 0.5) is 0 Å². The number of furan rings is 1. The Kier molecular flexibility index (Phi) is 8.12. The van der Waals surface area contributed by atoms with E-state index in [9.17, 15) is 0 Å². The van der Waals surface area contributed by atoms with Crippen molar-refractivity contribution in [3.63, 3.8) is 0 Å². The van der Waals surface area contributed by atoms with Crippen LogP contribution in [0.5, 0.6) is 0 Å². The van der Waals surface area contributed by atoms with E-state index in [0.717, 1.165) is 60.9 Å². The van der Waals surface area contributed by atoms with Gasteiger partial charge in [-0.05, 0) is 57.1 Å². The van der Waals surface area contributed by atoms with Gasteiger partial charge in [0.15, 0.2) is 17.5 Å². The molecule has 0 atom stereocenters. The average molecular weight is 704 g/mol. The van der Waals surface area contributed by atoms with Crippen LogP contribution in [0.25, 0.3) is 101 Å². The lowest BCUT2D eigenvalue weighted by molar-refractivity contribution is 0.670. The Bertz CT molecular complexity index is 2870. The maximum absolute atomic E-state index is 7.00. The molecule has 10 rings (SSSR count). The first-order valence-electron chi connectivity index (χ1n) is 18.4. The van der Waals surface area contributed by atoms with Crippen LogP contribution in [0, 0.1) is 0 Å². The molecule has 0 saturated heterocycles. The summed E-state index contributed by atoms with van der Waals surface area (Å²) in [5.74, 6) is 1.78. The Morgan fingerprint density at radius 3 is 1.16 bits per heavy atom. The van der Waals surface area contributed by atoms with Gasteiger partial charge in [-0.25, -0.2) is 15.0 Å². The Balaban J connectivity index is 1.17. The molecule has 0 unspecified atom stereocenters. The van der Waals surface area contributed by atoms with E-state index < -0.39 is 0 Å². The van der Waals surface area contributed by atoms with Crippen molar-refractivity contribution in [3.8, 4) is 78.7 Å². The summed E-state index contributed by atoms with van der Waals surface area (Å²) in [4.78, 5) is 15.0. The van der Waals surface area contributed by atoms with Crippen molar-refractivity contribution in [3.05, 3.63) is 200 Å². The second-order valence-corrected chi connectivity index (χ2v) is 13.6. The lowest BCUT2D eigenvalue weighted by atomic mass is 9.93. The van der Waals surface area contributed by atoms with Crippen LogP contribution >= 0.6 is 0 Å². The van der Waals surface area contributed by atoms with Gasteiger partial charge in [-0.3, -0.25) is 0 Å². The standard InChI is InChI=1S/C51H33N3O/c1-5-14-34(15-6-1)36-24-26-38(27-25-36)42-32-45(39-30-28-37(29-31-39)35-16-7-2-8-17-35)48-46(33-42)43-22-13-23-44(47(43)55-48)51-53-49(40-18-9-3-10-19-40)52-50(54-51)41-20-11-4-12-21-41/h1-33H. The quantitative estimate of drug-likeness (QED) is 0.166. The zero-order chi connectivity index (χ0) is 36.6. The third-order valence-electron chi connectivity index (χ3n) is 10.2. The van der Waals surface area contributed by atoms with Crippen LogP contribution in [0.3, 0.4) is 0 Å². The molecule has 0 aliphatic heterocycles. The fourth-order valence-corrected chi connectivity index (χ4v) is 7.34. The fourth-order valence-electron chi connectivity index (χ4n) is 7.34. The van der Waals surface area contributed by atoms with E-state index in [0.29, 0.717) is 17.5 Å². The highest BCUT2D eigenvalue weighted by Crippen LogP contribution is 2.43. The molecule has 10 aromatic rings. The molecule has 0 amide bonds. The predicted octanol–water partition coefficient (Wildman–Crippen LogP) is 13.4. The molecule has 2 heterocycles. The van der Waals surface area contributed by atoms with Crippen LogP contribution < -0.4 is 0 Å². The van der Waals surface area contributed by atoms with E-state index in [4.69, 9.17) is 19.4 Å². The third-order valence-corrected chi connectivity index (χ3v) is 10.2. The van der Waals surface area contributed by atoms with E-state index in [1.54, 1.807) is 0 Å².